The lowest BCUT2D eigenvalue weighted by molar-refractivity contribution is 0.112. The highest BCUT2D eigenvalue weighted by Gasteiger charge is 2.28. The van der Waals surface area contributed by atoms with Crippen LogP contribution in [-0.4, -0.2) is 34.0 Å². The smallest absolute Gasteiger partial charge is 0.123 e. The van der Waals surface area contributed by atoms with Crippen molar-refractivity contribution in [3.63, 3.8) is 0 Å². The van der Waals surface area contributed by atoms with E-state index < -0.39 is 16.7 Å². The third-order valence-electron chi connectivity index (χ3n) is 1.92. The number of aliphatic hydroxyl groups is 1. The third-order valence-corrected chi connectivity index (χ3v) is 1.92. The number of rotatable bonds is 3. The molecule has 0 aliphatic heterocycles. The summed E-state index contributed by atoms with van der Waals surface area (Å²) < 4.78 is 12.6. The Labute approximate surface area is 92.3 Å². The van der Waals surface area contributed by atoms with Crippen LogP contribution >= 0.6 is 0 Å². The quantitative estimate of drug-likeness (QED) is 0.642. The van der Waals surface area contributed by atoms with E-state index in [1.54, 1.807) is 0 Å². The van der Waals surface area contributed by atoms with Crippen LogP contribution in [0.15, 0.2) is 24.3 Å². The maximum absolute atomic E-state index is 12.6. The van der Waals surface area contributed by atoms with Crippen LogP contribution in [0.5, 0.6) is 0 Å². The third kappa shape index (κ3) is 3.72. The number of hydrogen-bond donors (Lipinski definition) is 2. The van der Waals surface area contributed by atoms with Crippen LogP contribution in [0.1, 0.15) is 12.0 Å². The highest BCUT2D eigenvalue weighted by atomic mass is 19.1. The van der Waals surface area contributed by atoms with Crippen molar-refractivity contribution >= 4 is 23.5 Å². The van der Waals surface area contributed by atoms with Gasteiger partial charge in [-0.15, -0.1) is 0 Å². The van der Waals surface area contributed by atoms with E-state index in [9.17, 15) is 9.50 Å². The molecule has 0 fully saturated rings. The molecule has 0 amide bonds. The van der Waals surface area contributed by atoms with Gasteiger partial charge in [0.2, 0.25) is 0 Å². The number of halogens is 1. The van der Waals surface area contributed by atoms with Crippen molar-refractivity contribution in [3.05, 3.63) is 35.6 Å². The van der Waals surface area contributed by atoms with Gasteiger partial charge in [0, 0.05) is 5.50 Å². The van der Waals surface area contributed by atoms with Gasteiger partial charge in [-0.05, 0) is 24.1 Å². The lowest BCUT2D eigenvalue weighted by atomic mass is 9.54. The molecular formula is C9H9B3FNO. The molecule has 6 heteroatoms. The molecule has 0 saturated heterocycles. The molecule has 0 heterocycles. The standard InChI is InChI=1S/C9H9B3FNO/c10-8(15,5-9(11,12)14)6-1-3-7(13)4-2-6/h1-4,15H,5,14H2. The molecule has 0 saturated carbocycles. The largest absolute Gasteiger partial charge is 0.395 e. The molecule has 0 aliphatic rings. The average Bonchev–Trinajstić information content (AvgIpc) is 2.00. The minimum Gasteiger partial charge on any atom is -0.395 e. The Balaban J connectivity index is 2.90. The molecule has 6 radical (unpaired) electrons. The Morgan fingerprint density at radius 3 is 2.07 bits per heavy atom. The number of hydrogen-bond acceptors (Lipinski definition) is 2. The highest BCUT2D eigenvalue weighted by Crippen LogP contribution is 2.24. The summed E-state index contributed by atoms with van der Waals surface area (Å²) in [6.45, 7) is 0. The number of nitrogens with two attached hydrogens (primary N) is 1. The summed E-state index contributed by atoms with van der Waals surface area (Å²) in [6, 6.07) is 5.05. The average molecular weight is 199 g/mol. The van der Waals surface area contributed by atoms with Crippen LogP contribution in [0.25, 0.3) is 0 Å². The fourth-order valence-corrected chi connectivity index (χ4v) is 1.31. The van der Waals surface area contributed by atoms with Crippen molar-refractivity contribution in [1.29, 1.82) is 0 Å². The minimum absolute atomic E-state index is 0.244. The molecule has 0 aromatic heterocycles. The summed E-state index contributed by atoms with van der Waals surface area (Å²) in [7, 11) is 16.2. The van der Waals surface area contributed by atoms with E-state index in [4.69, 9.17) is 29.3 Å². The van der Waals surface area contributed by atoms with Crippen molar-refractivity contribution in [1.82, 2.24) is 0 Å². The maximum Gasteiger partial charge on any atom is 0.123 e. The van der Waals surface area contributed by atoms with Crippen molar-refractivity contribution < 1.29 is 9.50 Å². The minimum atomic E-state index is -1.77. The lowest BCUT2D eigenvalue weighted by Crippen LogP contribution is -2.48. The Hall–Kier alpha value is -0.735. The Morgan fingerprint density at radius 1 is 1.20 bits per heavy atom. The molecule has 1 aromatic carbocycles. The van der Waals surface area contributed by atoms with Crippen LogP contribution in [0.2, 0.25) is 0 Å². The van der Waals surface area contributed by atoms with Gasteiger partial charge in [0.05, 0.1) is 15.7 Å². The van der Waals surface area contributed by atoms with Gasteiger partial charge >= 0.3 is 0 Å². The van der Waals surface area contributed by atoms with Crippen LogP contribution in [0.3, 0.4) is 0 Å². The fraction of sp³-hybridized carbons (Fsp3) is 0.333. The summed E-state index contributed by atoms with van der Waals surface area (Å²) in [5, 5.41) is 8.24. The van der Waals surface area contributed by atoms with Gasteiger partial charge in [0.25, 0.3) is 0 Å². The second-order valence-electron chi connectivity index (χ2n) is 3.72. The van der Waals surface area contributed by atoms with Gasteiger partial charge in [-0.1, -0.05) is 17.5 Å². The first-order valence-corrected chi connectivity index (χ1v) is 4.35. The van der Waals surface area contributed by atoms with Gasteiger partial charge in [-0.25, -0.2) is 4.39 Å². The molecule has 1 atom stereocenters. The van der Waals surface area contributed by atoms with Gasteiger partial charge in [-0.3, -0.25) is 0 Å². The van der Waals surface area contributed by atoms with Crippen LogP contribution in [-0.2, 0) is 5.50 Å². The normalized spacial score (nSPS) is 15.9. The summed E-state index contributed by atoms with van der Waals surface area (Å²) in [6.07, 6.45) is -0.244. The predicted octanol–water partition coefficient (Wildman–Crippen LogP) is -0.521. The second kappa shape index (κ2) is 4.03. The summed E-state index contributed by atoms with van der Waals surface area (Å²) in [5.74, 6) is -0.422. The molecule has 0 aliphatic carbocycles. The zero-order chi connectivity index (χ0) is 11.7. The van der Waals surface area contributed by atoms with E-state index >= 15 is 0 Å². The maximum atomic E-state index is 12.6. The lowest BCUT2D eigenvalue weighted by Gasteiger charge is -2.32. The van der Waals surface area contributed by atoms with E-state index in [-0.39, 0.29) is 6.42 Å². The van der Waals surface area contributed by atoms with E-state index in [0.717, 1.165) is 0 Å². The second-order valence-corrected chi connectivity index (χ2v) is 3.72. The number of benzene rings is 1. The zero-order valence-corrected chi connectivity index (χ0v) is 8.15. The van der Waals surface area contributed by atoms with Gasteiger partial charge < -0.3 is 10.8 Å². The molecule has 2 nitrogen and oxygen atoms in total. The van der Waals surface area contributed by atoms with Crippen LogP contribution in [0, 0.1) is 5.82 Å². The molecule has 0 bridgehead atoms. The topological polar surface area (TPSA) is 46.2 Å². The SMILES string of the molecule is [B]C([B])(N)CC([B])(O)c1ccc(F)cc1. The first-order valence-electron chi connectivity index (χ1n) is 4.35. The van der Waals surface area contributed by atoms with Gasteiger partial charge in [-0.2, -0.15) is 0 Å². The van der Waals surface area contributed by atoms with E-state index in [1.807, 2.05) is 0 Å². The Kier molecular flexibility index (Phi) is 3.31. The van der Waals surface area contributed by atoms with Crippen molar-refractivity contribution in [2.24, 2.45) is 5.73 Å². The predicted molar refractivity (Wildman–Crippen MR) is 59.1 cm³/mol. The molecule has 15 heavy (non-hydrogen) atoms. The summed E-state index contributed by atoms with van der Waals surface area (Å²) >= 11 is 0. The van der Waals surface area contributed by atoms with Crippen LogP contribution < -0.4 is 5.73 Å². The zero-order valence-electron chi connectivity index (χ0n) is 8.15. The summed E-state index contributed by atoms with van der Waals surface area (Å²) in [4.78, 5) is 0. The van der Waals surface area contributed by atoms with Crippen molar-refractivity contribution in [2.45, 2.75) is 17.3 Å². The van der Waals surface area contributed by atoms with E-state index in [1.165, 1.54) is 24.3 Å². The fourth-order valence-electron chi connectivity index (χ4n) is 1.31. The molecule has 3 N–H and O–H groups in total. The van der Waals surface area contributed by atoms with Gasteiger partial charge in [0.1, 0.15) is 13.7 Å². The summed E-state index contributed by atoms with van der Waals surface area (Å²) in [5.41, 5.74) is 3.86. The Bertz CT molecular complexity index is 334. The molecule has 1 unspecified atom stereocenters. The van der Waals surface area contributed by atoms with Crippen molar-refractivity contribution in [3.8, 4) is 0 Å². The molecule has 0 spiro atoms. The molecular weight excluding hydrogens is 190 g/mol. The van der Waals surface area contributed by atoms with E-state index in [2.05, 4.69) is 0 Å². The van der Waals surface area contributed by atoms with Gasteiger partial charge in [0.15, 0.2) is 0 Å². The van der Waals surface area contributed by atoms with E-state index in [0.29, 0.717) is 5.56 Å². The highest BCUT2D eigenvalue weighted by molar-refractivity contribution is 6.40. The van der Waals surface area contributed by atoms with Crippen molar-refractivity contribution in [2.75, 3.05) is 0 Å². The molecule has 72 valence electrons. The Morgan fingerprint density at radius 2 is 1.67 bits per heavy atom. The van der Waals surface area contributed by atoms with Crippen LogP contribution in [0.4, 0.5) is 4.39 Å². The molecule has 1 aromatic rings. The monoisotopic (exact) mass is 199 g/mol. The first kappa shape index (κ1) is 12.3. The first-order chi connectivity index (χ1) is 6.71. The molecule has 1 rings (SSSR count).